The number of benzene rings is 1. The van der Waals surface area contributed by atoms with Gasteiger partial charge in [0, 0.05) is 29.4 Å². The molecule has 0 unspecified atom stereocenters. The summed E-state index contributed by atoms with van der Waals surface area (Å²) in [5.74, 6) is 0. The van der Waals surface area contributed by atoms with Crippen molar-refractivity contribution in [3.05, 3.63) is 24.3 Å². The molecule has 15 heavy (non-hydrogen) atoms. The second-order valence-corrected chi connectivity index (χ2v) is 6.66. The van der Waals surface area contributed by atoms with Gasteiger partial charge in [0.25, 0.3) is 0 Å². The van der Waals surface area contributed by atoms with Crippen LogP contribution in [0, 0.1) is 0 Å². The van der Waals surface area contributed by atoms with Crippen LogP contribution in [-0.2, 0) is 10.0 Å². The van der Waals surface area contributed by atoms with Gasteiger partial charge in [-0.1, -0.05) is 17.3 Å². The number of hydrogen-bond acceptors (Lipinski definition) is 3. The first-order valence-corrected chi connectivity index (χ1v) is 7.36. The lowest BCUT2D eigenvalue weighted by atomic mass is 10.2. The minimum atomic E-state index is -3.31. The van der Waals surface area contributed by atoms with E-state index < -0.39 is 10.0 Å². The van der Waals surface area contributed by atoms with E-state index >= 15 is 0 Å². The summed E-state index contributed by atoms with van der Waals surface area (Å²) in [4.78, 5) is 0.356. The smallest absolute Gasteiger partial charge is 0.240 e. The van der Waals surface area contributed by atoms with Gasteiger partial charge in [-0.3, -0.25) is 0 Å². The van der Waals surface area contributed by atoms with Crippen molar-refractivity contribution < 1.29 is 8.42 Å². The Morgan fingerprint density at radius 1 is 1.27 bits per heavy atom. The highest BCUT2D eigenvalue weighted by molar-refractivity contribution is 7.89. The molecule has 0 bridgehead atoms. The summed E-state index contributed by atoms with van der Waals surface area (Å²) in [7, 11) is -2.37. The highest BCUT2D eigenvalue weighted by atomic mass is 32.2. The van der Waals surface area contributed by atoms with Gasteiger partial charge >= 0.3 is 0 Å². The maximum absolute atomic E-state index is 11.8. The highest BCUT2D eigenvalue weighted by Gasteiger charge is 2.23. The molecule has 0 saturated carbocycles. The van der Waals surface area contributed by atoms with E-state index in [-0.39, 0.29) is 6.04 Å². The largest absolute Gasteiger partial charge is 0.313 e. The maximum atomic E-state index is 11.8. The fourth-order valence-electron chi connectivity index (χ4n) is 1.38. The average Bonchev–Trinajstić information content (AvgIpc) is 2.13. The monoisotopic (exact) mass is 242 g/mol. The Balaban J connectivity index is 2.17. The van der Waals surface area contributed by atoms with Crippen LogP contribution in [0.3, 0.4) is 0 Å². The predicted molar refractivity (Wildman–Crippen MR) is 63.0 cm³/mol. The van der Waals surface area contributed by atoms with Gasteiger partial charge in [-0.05, 0) is 12.1 Å². The molecule has 2 N–H and O–H groups in total. The Labute approximate surface area is 92.6 Å². The molecular formula is C9H14N2O2SSi. The summed E-state index contributed by atoms with van der Waals surface area (Å²) in [5, 5.41) is 4.22. The van der Waals surface area contributed by atoms with Crippen LogP contribution >= 0.6 is 0 Å². The van der Waals surface area contributed by atoms with Gasteiger partial charge < -0.3 is 5.32 Å². The van der Waals surface area contributed by atoms with E-state index in [0.29, 0.717) is 4.90 Å². The third-order valence-electron chi connectivity index (χ3n) is 2.43. The quantitative estimate of drug-likeness (QED) is 0.599. The molecule has 1 aromatic carbocycles. The summed E-state index contributed by atoms with van der Waals surface area (Å²) in [6, 6.07) is 7.10. The van der Waals surface area contributed by atoms with Gasteiger partial charge in [-0.25, -0.2) is 13.1 Å². The summed E-state index contributed by atoms with van der Waals surface area (Å²) in [6.07, 6.45) is 0. The zero-order valence-electron chi connectivity index (χ0n) is 8.53. The second kappa shape index (κ2) is 4.05. The van der Waals surface area contributed by atoms with Gasteiger partial charge in [-0.2, -0.15) is 0 Å². The van der Waals surface area contributed by atoms with Gasteiger partial charge in [0.2, 0.25) is 10.0 Å². The van der Waals surface area contributed by atoms with Crippen LogP contribution in [0.2, 0.25) is 0 Å². The van der Waals surface area contributed by atoms with Crippen molar-refractivity contribution in [1.82, 2.24) is 10.0 Å². The summed E-state index contributed by atoms with van der Waals surface area (Å²) < 4.78 is 26.3. The normalized spacial score (nSPS) is 17.6. The van der Waals surface area contributed by atoms with Gasteiger partial charge in [-0.15, -0.1) is 0 Å². The second-order valence-electron chi connectivity index (χ2n) is 3.79. The molecule has 0 amide bonds. The van der Waals surface area contributed by atoms with Crippen molar-refractivity contribution in [2.24, 2.45) is 0 Å². The number of sulfonamides is 1. The van der Waals surface area contributed by atoms with E-state index in [0.717, 1.165) is 23.3 Å². The Morgan fingerprint density at radius 3 is 2.33 bits per heavy atom. The van der Waals surface area contributed by atoms with Gasteiger partial charge in [0.05, 0.1) is 4.90 Å². The molecule has 0 spiro atoms. The first-order valence-electron chi connectivity index (χ1n) is 4.88. The van der Waals surface area contributed by atoms with Crippen LogP contribution in [0.4, 0.5) is 0 Å². The third kappa shape index (κ3) is 2.46. The fraction of sp³-hybridized carbons (Fsp3) is 0.333. The number of hydrogen-bond donors (Lipinski definition) is 2. The van der Waals surface area contributed by atoms with Gasteiger partial charge in [0.1, 0.15) is 0 Å². The molecule has 0 aliphatic carbocycles. The maximum Gasteiger partial charge on any atom is 0.240 e. The van der Waals surface area contributed by atoms with E-state index in [9.17, 15) is 8.42 Å². The molecule has 1 heterocycles. The van der Waals surface area contributed by atoms with Crippen molar-refractivity contribution >= 4 is 25.5 Å². The van der Waals surface area contributed by atoms with Gasteiger partial charge in [0.15, 0.2) is 0 Å². The van der Waals surface area contributed by atoms with Crippen molar-refractivity contribution in [3.8, 4) is 0 Å². The van der Waals surface area contributed by atoms with Crippen molar-refractivity contribution in [1.29, 1.82) is 0 Å². The zero-order valence-corrected chi connectivity index (χ0v) is 11.3. The van der Waals surface area contributed by atoms with Crippen LogP contribution in [-0.4, -0.2) is 37.8 Å². The Bertz CT molecular complexity index is 440. The summed E-state index contributed by atoms with van der Waals surface area (Å²) in [6.45, 7) is 1.44. The number of nitrogens with one attached hydrogen (secondary N) is 2. The SMILES string of the molecule is O=S(=O)(NC1CNC1)c1ccc([SiH3])cc1. The Hall–Kier alpha value is -0.693. The lowest BCUT2D eigenvalue weighted by molar-refractivity contribution is 0.410. The highest BCUT2D eigenvalue weighted by Crippen LogP contribution is 2.08. The molecule has 2 rings (SSSR count). The van der Waals surface area contributed by atoms with Crippen LogP contribution in [0.1, 0.15) is 0 Å². The lowest BCUT2D eigenvalue weighted by Gasteiger charge is -2.27. The fourth-order valence-corrected chi connectivity index (χ4v) is 2.95. The first-order chi connectivity index (χ1) is 7.08. The van der Waals surface area contributed by atoms with Crippen molar-refractivity contribution in [3.63, 3.8) is 0 Å². The molecule has 0 radical (unpaired) electrons. The van der Waals surface area contributed by atoms with Crippen LogP contribution in [0.25, 0.3) is 0 Å². The van der Waals surface area contributed by atoms with E-state index in [1.807, 2.05) is 12.1 Å². The summed E-state index contributed by atoms with van der Waals surface area (Å²) in [5.41, 5.74) is 0. The molecule has 0 aromatic heterocycles. The zero-order chi connectivity index (χ0) is 10.9. The molecule has 1 aliphatic heterocycles. The lowest BCUT2D eigenvalue weighted by Crippen LogP contribution is -2.56. The molecule has 0 atom stereocenters. The van der Waals surface area contributed by atoms with Crippen LogP contribution in [0.5, 0.6) is 0 Å². The molecule has 82 valence electrons. The predicted octanol–water partition coefficient (Wildman–Crippen LogP) is -2.07. The molecule has 1 fully saturated rings. The van der Waals surface area contributed by atoms with E-state index in [1.54, 1.807) is 12.1 Å². The van der Waals surface area contributed by atoms with E-state index in [4.69, 9.17) is 0 Å². The van der Waals surface area contributed by atoms with Crippen LogP contribution < -0.4 is 15.2 Å². The Kier molecular flexibility index (Phi) is 2.92. The van der Waals surface area contributed by atoms with Crippen LogP contribution in [0.15, 0.2) is 29.2 Å². The standard InChI is InChI=1S/C9H14N2O2SSi/c12-14(13,11-7-5-10-6-7)8-1-3-9(15)4-2-8/h1-4,7,10-11H,5-6H2,15H3. The van der Waals surface area contributed by atoms with E-state index in [1.165, 1.54) is 5.19 Å². The van der Waals surface area contributed by atoms with E-state index in [2.05, 4.69) is 10.0 Å². The third-order valence-corrected chi connectivity index (χ3v) is 4.64. The Morgan fingerprint density at radius 2 is 1.87 bits per heavy atom. The minimum absolute atomic E-state index is 0.0469. The molecule has 1 saturated heterocycles. The van der Waals surface area contributed by atoms with Crippen molar-refractivity contribution in [2.75, 3.05) is 13.1 Å². The topological polar surface area (TPSA) is 58.2 Å². The van der Waals surface area contributed by atoms with Crippen molar-refractivity contribution in [2.45, 2.75) is 10.9 Å². The molecule has 1 aliphatic rings. The summed E-state index contributed by atoms with van der Waals surface area (Å²) >= 11 is 0. The first kappa shape index (κ1) is 10.8. The average molecular weight is 242 g/mol. The molecule has 1 aromatic rings. The molecule has 6 heteroatoms. The molecule has 4 nitrogen and oxygen atoms in total. The minimum Gasteiger partial charge on any atom is -0.313 e. The molecular weight excluding hydrogens is 228 g/mol. The number of rotatable bonds is 3.